The second-order valence-corrected chi connectivity index (χ2v) is 10.6. The topological polar surface area (TPSA) is 131 Å². The lowest BCUT2D eigenvalue weighted by Crippen LogP contribution is -2.28. The Kier molecular flexibility index (Phi) is 7.69. The molecular weight excluding hydrogens is 496 g/mol. The fourth-order valence-corrected chi connectivity index (χ4v) is 4.95. The Morgan fingerprint density at radius 2 is 2.00 bits per heavy atom. The number of rotatable bonds is 10. The van der Waals surface area contributed by atoms with Crippen LogP contribution in [0.15, 0.2) is 36.4 Å². The number of likely N-dealkylation sites (tertiary alicyclic amines) is 1. The number of para-hydroxylation sites is 1. The van der Waals surface area contributed by atoms with Gasteiger partial charge in [-0.15, -0.1) is 0 Å². The van der Waals surface area contributed by atoms with Gasteiger partial charge in [-0.3, -0.25) is 9.69 Å². The highest BCUT2D eigenvalue weighted by molar-refractivity contribution is 5.94. The zero-order valence-corrected chi connectivity index (χ0v) is 22.9. The summed E-state index contributed by atoms with van der Waals surface area (Å²) in [6.45, 7) is 9.89. The number of carbonyl (C=O) groups excluding carboxylic acids is 1. The molecule has 3 heterocycles. The molecule has 0 radical (unpaired) electrons. The van der Waals surface area contributed by atoms with Crippen molar-refractivity contribution in [2.24, 2.45) is 11.7 Å². The van der Waals surface area contributed by atoms with Gasteiger partial charge in [0.15, 0.2) is 11.5 Å². The average molecular weight is 533 g/mol. The monoisotopic (exact) mass is 532 g/mol. The fraction of sp³-hybridized carbons (Fsp3) is 0.429. The van der Waals surface area contributed by atoms with E-state index in [-0.39, 0.29) is 12.8 Å². The molecule has 1 fully saturated rings. The van der Waals surface area contributed by atoms with Crippen molar-refractivity contribution in [3.63, 3.8) is 0 Å². The first-order valence-electron chi connectivity index (χ1n) is 13.3. The number of primary amides is 1. The number of nitrogens with two attached hydrogens (primary N) is 1. The molecular formula is C28H36N8O3. The average Bonchev–Trinajstić information content (AvgIpc) is 3.55. The maximum absolute atomic E-state index is 11.7. The third-order valence-electron chi connectivity index (χ3n) is 6.85. The van der Waals surface area contributed by atoms with Gasteiger partial charge < -0.3 is 30.7 Å². The molecule has 4 N–H and O–H groups in total. The van der Waals surface area contributed by atoms with Crippen molar-refractivity contribution < 1.29 is 14.3 Å². The summed E-state index contributed by atoms with van der Waals surface area (Å²) in [6.07, 6.45) is 0.956. The molecule has 0 bridgehead atoms. The highest BCUT2D eigenvalue weighted by Gasteiger charge is 2.26. The van der Waals surface area contributed by atoms with Crippen molar-refractivity contribution in [2.45, 2.75) is 39.8 Å². The molecule has 206 valence electrons. The van der Waals surface area contributed by atoms with Crippen LogP contribution in [-0.4, -0.2) is 65.3 Å². The van der Waals surface area contributed by atoms with Crippen molar-refractivity contribution in [3.05, 3.63) is 53.1 Å². The van der Waals surface area contributed by atoms with Crippen LogP contribution in [0.5, 0.6) is 11.5 Å². The van der Waals surface area contributed by atoms with Gasteiger partial charge in [-0.2, -0.15) is 15.0 Å². The normalized spacial score (nSPS) is 16.5. The van der Waals surface area contributed by atoms with Crippen LogP contribution in [0.2, 0.25) is 0 Å². The molecule has 2 aliphatic rings. The van der Waals surface area contributed by atoms with E-state index in [2.05, 4.69) is 45.4 Å². The third-order valence-corrected chi connectivity index (χ3v) is 6.85. The van der Waals surface area contributed by atoms with Crippen molar-refractivity contribution in [2.75, 3.05) is 49.0 Å². The number of aryl methyl sites for hydroxylation is 1. The number of carbonyl (C=O) groups is 1. The van der Waals surface area contributed by atoms with Crippen LogP contribution in [0.25, 0.3) is 0 Å². The predicted octanol–water partition coefficient (Wildman–Crippen LogP) is 3.53. The molecule has 11 heteroatoms. The summed E-state index contributed by atoms with van der Waals surface area (Å²) >= 11 is 0. The van der Waals surface area contributed by atoms with Crippen molar-refractivity contribution >= 4 is 29.4 Å². The lowest BCUT2D eigenvalue weighted by atomic mass is 10.1. The predicted molar refractivity (Wildman–Crippen MR) is 151 cm³/mol. The van der Waals surface area contributed by atoms with Gasteiger partial charge in [0.1, 0.15) is 0 Å². The number of nitrogens with zero attached hydrogens (tertiary/aromatic N) is 5. The fourth-order valence-electron chi connectivity index (χ4n) is 4.95. The maximum Gasteiger partial charge on any atom is 0.248 e. The van der Waals surface area contributed by atoms with E-state index in [4.69, 9.17) is 20.2 Å². The molecule has 3 aromatic rings. The molecule has 2 aromatic carbocycles. The standard InChI is InChI=1S/C28H36N8O3/c1-17(2)13-35(4)28-33-26(32-27(34-28)31-22-12-19(25(29)37)9-8-18(22)3)30-21-10-11-36(15-21)14-20-6-5-7-23-24(20)39-16-38-23/h5-9,12,17,21H,10-11,13-16H2,1-4H3,(H2,29,37)(H2,30,31,32,33,34)/t21-/m0/s1. The molecule has 5 rings (SSSR count). The van der Waals surface area contributed by atoms with Gasteiger partial charge in [-0.05, 0) is 43.0 Å². The minimum atomic E-state index is -0.487. The summed E-state index contributed by atoms with van der Waals surface area (Å²) in [5.41, 5.74) is 8.70. The molecule has 0 aliphatic carbocycles. The van der Waals surface area contributed by atoms with Gasteiger partial charge in [0.2, 0.25) is 30.5 Å². The van der Waals surface area contributed by atoms with Gasteiger partial charge in [-0.25, -0.2) is 0 Å². The Hall–Kier alpha value is -4.12. The number of hydrogen-bond donors (Lipinski definition) is 3. The van der Waals surface area contributed by atoms with Crippen LogP contribution in [0.4, 0.5) is 23.5 Å². The Balaban J connectivity index is 1.33. The second-order valence-electron chi connectivity index (χ2n) is 10.6. The number of anilines is 4. The highest BCUT2D eigenvalue weighted by Crippen LogP contribution is 2.36. The number of aromatic nitrogens is 3. The Labute approximate surface area is 228 Å². The molecule has 1 saturated heterocycles. The molecule has 0 spiro atoms. The number of ether oxygens (including phenoxy) is 2. The Morgan fingerprint density at radius 1 is 1.18 bits per heavy atom. The Morgan fingerprint density at radius 3 is 2.79 bits per heavy atom. The first kappa shape index (κ1) is 26.5. The van der Waals surface area contributed by atoms with E-state index >= 15 is 0 Å². The number of nitrogens with one attached hydrogen (secondary N) is 2. The lowest BCUT2D eigenvalue weighted by molar-refractivity contribution is 0.100. The van der Waals surface area contributed by atoms with E-state index in [1.54, 1.807) is 12.1 Å². The Bertz CT molecular complexity index is 1350. The molecule has 1 atom stereocenters. The van der Waals surface area contributed by atoms with Crippen molar-refractivity contribution in [3.8, 4) is 11.5 Å². The quantitative estimate of drug-likeness (QED) is 0.356. The van der Waals surface area contributed by atoms with Crippen LogP contribution < -0.4 is 30.7 Å². The molecule has 11 nitrogen and oxygen atoms in total. The largest absolute Gasteiger partial charge is 0.454 e. The first-order chi connectivity index (χ1) is 18.7. The molecule has 39 heavy (non-hydrogen) atoms. The molecule has 1 amide bonds. The zero-order valence-electron chi connectivity index (χ0n) is 22.9. The van der Waals surface area contributed by atoms with E-state index < -0.39 is 5.91 Å². The van der Waals surface area contributed by atoms with E-state index in [0.717, 1.165) is 60.9 Å². The minimum Gasteiger partial charge on any atom is -0.454 e. The molecule has 1 aromatic heterocycles. The van der Waals surface area contributed by atoms with Crippen molar-refractivity contribution in [1.82, 2.24) is 19.9 Å². The van der Waals surface area contributed by atoms with Crippen LogP contribution in [0, 0.1) is 12.8 Å². The number of hydrogen-bond acceptors (Lipinski definition) is 10. The minimum absolute atomic E-state index is 0.178. The van der Waals surface area contributed by atoms with Gasteiger partial charge in [-0.1, -0.05) is 32.0 Å². The van der Waals surface area contributed by atoms with Crippen LogP contribution >= 0.6 is 0 Å². The van der Waals surface area contributed by atoms with Gasteiger partial charge in [0, 0.05) is 56.1 Å². The zero-order chi connectivity index (χ0) is 27.5. The summed E-state index contributed by atoms with van der Waals surface area (Å²) in [6, 6.07) is 11.5. The summed E-state index contributed by atoms with van der Waals surface area (Å²) in [5.74, 6) is 3.07. The van der Waals surface area contributed by atoms with E-state index in [1.807, 2.05) is 37.1 Å². The first-order valence-corrected chi connectivity index (χ1v) is 13.3. The van der Waals surface area contributed by atoms with Crippen LogP contribution in [-0.2, 0) is 6.54 Å². The van der Waals surface area contributed by atoms with E-state index in [1.165, 1.54) is 0 Å². The van der Waals surface area contributed by atoms with Gasteiger partial charge in [0.25, 0.3) is 0 Å². The number of fused-ring (bicyclic) bond motifs is 1. The summed E-state index contributed by atoms with van der Waals surface area (Å²) in [7, 11) is 1.98. The molecule has 0 unspecified atom stereocenters. The smallest absolute Gasteiger partial charge is 0.248 e. The second kappa shape index (κ2) is 11.3. The van der Waals surface area contributed by atoms with Crippen molar-refractivity contribution in [1.29, 1.82) is 0 Å². The highest BCUT2D eigenvalue weighted by atomic mass is 16.7. The van der Waals surface area contributed by atoms with Crippen LogP contribution in [0.1, 0.15) is 41.8 Å². The van der Waals surface area contributed by atoms with E-state index in [9.17, 15) is 4.79 Å². The summed E-state index contributed by atoms with van der Waals surface area (Å²) in [5, 5.41) is 6.80. The number of benzene rings is 2. The van der Waals surface area contributed by atoms with E-state index in [0.29, 0.717) is 29.3 Å². The van der Waals surface area contributed by atoms with Gasteiger partial charge in [0.05, 0.1) is 0 Å². The molecule has 0 saturated carbocycles. The summed E-state index contributed by atoms with van der Waals surface area (Å²) < 4.78 is 11.2. The lowest BCUT2D eigenvalue weighted by Gasteiger charge is -2.22. The third kappa shape index (κ3) is 6.31. The molecule has 2 aliphatic heterocycles. The SMILES string of the molecule is Cc1ccc(C(N)=O)cc1Nc1nc(N[C@H]2CCN(Cc3cccc4c3OCO4)C2)nc(N(C)CC(C)C)n1. The van der Waals surface area contributed by atoms with Crippen LogP contribution in [0.3, 0.4) is 0 Å². The summed E-state index contributed by atoms with van der Waals surface area (Å²) in [4.78, 5) is 30.2. The van der Waals surface area contributed by atoms with Gasteiger partial charge >= 0.3 is 0 Å². The maximum atomic E-state index is 11.7. The number of amides is 1.